The molecular formula is C48H58N8O4. The monoisotopic (exact) mass is 810 g/mol. The highest BCUT2D eigenvalue weighted by atomic mass is 16.3. The van der Waals surface area contributed by atoms with Crippen LogP contribution >= 0.6 is 0 Å². The maximum absolute atomic E-state index is 13.0. The number of aryl methyl sites for hydroxylation is 3. The molecule has 1 aliphatic rings. The number of aromatic hydroxyl groups is 1. The van der Waals surface area contributed by atoms with E-state index < -0.39 is 11.9 Å². The molecule has 4 heterocycles. The van der Waals surface area contributed by atoms with Crippen LogP contribution in [0.25, 0.3) is 33.4 Å². The molecule has 0 saturated carbocycles. The van der Waals surface area contributed by atoms with Crippen molar-refractivity contribution in [1.29, 1.82) is 0 Å². The van der Waals surface area contributed by atoms with Gasteiger partial charge >= 0.3 is 5.69 Å². The van der Waals surface area contributed by atoms with E-state index in [2.05, 4.69) is 63.9 Å². The van der Waals surface area contributed by atoms with Crippen molar-refractivity contribution in [2.45, 2.75) is 122 Å². The second-order valence-electron chi connectivity index (χ2n) is 16.4. The molecule has 4 N–H and O–H groups in total. The average molecular weight is 811 g/mol. The van der Waals surface area contributed by atoms with Gasteiger partial charge in [0.05, 0.1) is 29.0 Å². The van der Waals surface area contributed by atoms with Crippen molar-refractivity contribution in [3.05, 3.63) is 112 Å². The first-order valence-electron chi connectivity index (χ1n) is 21.8. The number of carbonyl (C=O) groups excluding carboxylic acids is 2. The van der Waals surface area contributed by atoms with Crippen molar-refractivity contribution in [3.63, 3.8) is 0 Å². The number of unbranched alkanes of at least 4 members (excludes halogenated alkanes) is 11. The summed E-state index contributed by atoms with van der Waals surface area (Å²) in [6.07, 6.45) is 21.6. The van der Waals surface area contributed by atoms with Crippen LogP contribution in [0.15, 0.2) is 90.0 Å². The third-order valence-corrected chi connectivity index (χ3v) is 12.1. The lowest BCUT2D eigenvalue weighted by Gasteiger charge is -2.21. The van der Waals surface area contributed by atoms with Gasteiger partial charge in [-0.25, -0.2) is 4.79 Å². The zero-order chi connectivity index (χ0) is 42.0. The molecule has 0 radical (unpaired) electrons. The number of phenols is 1. The molecule has 2 unspecified atom stereocenters. The molecule has 2 amide bonds. The Labute approximate surface area is 351 Å². The van der Waals surface area contributed by atoms with Crippen LogP contribution in [0, 0.1) is 0 Å². The first kappa shape index (κ1) is 42.1. The van der Waals surface area contributed by atoms with Crippen molar-refractivity contribution in [2.24, 2.45) is 7.05 Å². The Bertz CT molecular complexity index is 2460. The molecule has 3 aromatic carbocycles. The lowest BCUT2D eigenvalue weighted by molar-refractivity contribution is -0.135. The standard InChI is InChI=1S/C48H58N8O4/c1-33(55-32-37(31-50-55)39-30-40(52-53-46(39)49)38-19-15-16-20-44(38)57)36-24-21-34(22-25-36)17-13-11-9-7-5-3-4-6-8-10-12-14-18-35-23-26-41-43(29-35)54(2)48(60)56(41)42-27-28-45(58)51-47(42)59/h15-16,19-26,29-33,42,57H,3-14,17-18,27-28H2,1-2H3,(H2,49,53)(H,51,58,59). The van der Waals surface area contributed by atoms with Gasteiger partial charge in [-0.2, -0.15) is 5.10 Å². The van der Waals surface area contributed by atoms with Crippen molar-refractivity contribution < 1.29 is 14.7 Å². The number of rotatable bonds is 20. The Morgan fingerprint density at radius 1 is 0.767 bits per heavy atom. The third-order valence-electron chi connectivity index (χ3n) is 12.1. The molecule has 6 aromatic rings. The maximum Gasteiger partial charge on any atom is 0.329 e. The largest absolute Gasteiger partial charge is 0.507 e. The summed E-state index contributed by atoms with van der Waals surface area (Å²) in [4.78, 5) is 37.1. The van der Waals surface area contributed by atoms with Crippen molar-refractivity contribution in [3.8, 4) is 28.1 Å². The fourth-order valence-electron chi connectivity index (χ4n) is 8.48. The third kappa shape index (κ3) is 10.0. The lowest BCUT2D eigenvalue weighted by Crippen LogP contribution is -2.44. The van der Waals surface area contributed by atoms with E-state index >= 15 is 0 Å². The van der Waals surface area contributed by atoms with E-state index in [1.165, 1.54) is 87.3 Å². The molecule has 0 bridgehead atoms. The van der Waals surface area contributed by atoms with E-state index in [9.17, 15) is 19.5 Å². The Kier molecular flexibility index (Phi) is 13.9. The summed E-state index contributed by atoms with van der Waals surface area (Å²) in [5, 5.41) is 25.7. The summed E-state index contributed by atoms with van der Waals surface area (Å²) in [5.41, 5.74) is 14.1. The van der Waals surface area contributed by atoms with Gasteiger partial charge in [-0.1, -0.05) is 107 Å². The molecule has 1 fully saturated rings. The lowest BCUT2D eigenvalue weighted by atomic mass is 10.0. The average Bonchev–Trinajstić information content (AvgIpc) is 3.84. The highest BCUT2D eigenvalue weighted by Gasteiger charge is 2.31. The van der Waals surface area contributed by atoms with Crippen LogP contribution in [-0.4, -0.2) is 46.0 Å². The number of anilines is 1. The van der Waals surface area contributed by atoms with Crippen LogP contribution in [-0.2, 0) is 29.5 Å². The Hall–Kier alpha value is -6.04. The molecule has 12 nitrogen and oxygen atoms in total. The topological polar surface area (TPSA) is 163 Å². The van der Waals surface area contributed by atoms with Crippen LogP contribution < -0.4 is 16.7 Å². The summed E-state index contributed by atoms with van der Waals surface area (Å²) >= 11 is 0. The number of amides is 2. The van der Waals surface area contributed by atoms with E-state index in [0.717, 1.165) is 41.4 Å². The number of nitrogens with one attached hydrogen (secondary N) is 1. The number of piperidine rings is 1. The number of nitrogens with zero attached hydrogens (tertiary/aromatic N) is 6. The van der Waals surface area contributed by atoms with Crippen LogP contribution in [0.5, 0.6) is 5.75 Å². The number of fused-ring (bicyclic) bond motifs is 1. The maximum atomic E-state index is 13.0. The van der Waals surface area contributed by atoms with E-state index in [1.807, 2.05) is 29.1 Å². The molecule has 314 valence electrons. The SMILES string of the molecule is CC(c1ccc(CCCCCCCCCCCCCCc2ccc3c(c2)n(C)c(=O)n3C2CCC(=O)NC2=O)cc1)n1cc(-c2cc(-c3ccccc3O)nnc2N)cn1. The molecule has 60 heavy (non-hydrogen) atoms. The minimum absolute atomic E-state index is 0.0457. The molecule has 12 heteroatoms. The van der Waals surface area contributed by atoms with E-state index in [4.69, 9.17) is 5.73 Å². The van der Waals surface area contributed by atoms with E-state index in [0.29, 0.717) is 23.5 Å². The van der Waals surface area contributed by atoms with Crippen LogP contribution in [0.3, 0.4) is 0 Å². The van der Waals surface area contributed by atoms with Crippen LogP contribution in [0.1, 0.15) is 126 Å². The number of nitrogens with two attached hydrogens (primary N) is 1. The number of imidazole rings is 1. The smallest absolute Gasteiger partial charge is 0.329 e. The van der Waals surface area contributed by atoms with Gasteiger partial charge in [0.25, 0.3) is 0 Å². The number of hydrogen-bond donors (Lipinski definition) is 3. The number of hydrogen-bond acceptors (Lipinski definition) is 8. The second-order valence-corrected chi connectivity index (χ2v) is 16.4. The van der Waals surface area contributed by atoms with E-state index in [-0.39, 0.29) is 29.8 Å². The van der Waals surface area contributed by atoms with E-state index in [1.54, 1.807) is 40.6 Å². The molecule has 1 aliphatic heterocycles. The number of benzene rings is 3. The first-order chi connectivity index (χ1) is 29.2. The molecule has 7 rings (SSSR count). The fourth-order valence-corrected chi connectivity index (χ4v) is 8.48. The molecule has 1 saturated heterocycles. The van der Waals surface area contributed by atoms with Crippen molar-refractivity contribution in [2.75, 3.05) is 5.73 Å². The van der Waals surface area contributed by atoms with Crippen molar-refractivity contribution >= 4 is 28.7 Å². The van der Waals surface area contributed by atoms with Crippen molar-refractivity contribution in [1.82, 2.24) is 34.4 Å². The highest BCUT2D eigenvalue weighted by Crippen LogP contribution is 2.33. The number of aromatic nitrogens is 6. The van der Waals surface area contributed by atoms with Gasteiger partial charge in [-0.05, 0) is 86.1 Å². The second kappa shape index (κ2) is 19.8. The number of nitrogen functional groups attached to an aromatic ring is 1. The summed E-state index contributed by atoms with van der Waals surface area (Å²) in [7, 11) is 1.75. The summed E-state index contributed by atoms with van der Waals surface area (Å²) in [6.45, 7) is 2.14. The minimum atomic E-state index is -0.651. The van der Waals surface area contributed by atoms with Crippen LogP contribution in [0.4, 0.5) is 5.82 Å². The Morgan fingerprint density at radius 2 is 1.40 bits per heavy atom. The predicted octanol–water partition coefficient (Wildman–Crippen LogP) is 9.00. The molecule has 0 spiro atoms. The van der Waals surface area contributed by atoms with Gasteiger partial charge in [0.1, 0.15) is 11.8 Å². The zero-order valence-corrected chi connectivity index (χ0v) is 35.0. The van der Waals surface area contributed by atoms with Gasteiger partial charge in [0, 0.05) is 36.4 Å². The first-order valence-corrected chi connectivity index (χ1v) is 21.8. The number of para-hydroxylation sites is 1. The van der Waals surface area contributed by atoms with Gasteiger partial charge in [0.15, 0.2) is 5.82 Å². The quantitative estimate of drug-likeness (QED) is 0.0508. The Balaban J connectivity index is 0.738. The normalized spacial score (nSPS) is 14.8. The number of phenolic OH excluding ortho intramolecular Hbond substituents is 1. The molecule has 0 aliphatic carbocycles. The van der Waals surface area contributed by atoms with Gasteiger partial charge in [-0.3, -0.25) is 28.7 Å². The molecular weight excluding hydrogens is 753 g/mol. The van der Waals surface area contributed by atoms with Gasteiger partial charge < -0.3 is 10.8 Å². The van der Waals surface area contributed by atoms with Crippen LogP contribution in [0.2, 0.25) is 0 Å². The molecule has 2 atom stereocenters. The number of carbonyl (C=O) groups is 2. The van der Waals surface area contributed by atoms with Gasteiger partial charge in [0.2, 0.25) is 11.8 Å². The van der Waals surface area contributed by atoms with Gasteiger partial charge in [-0.15, -0.1) is 10.2 Å². The summed E-state index contributed by atoms with van der Waals surface area (Å²) < 4.78 is 5.10. The number of imide groups is 1. The molecule has 3 aromatic heterocycles. The minimum Gasteiger partial charge on any atom is -0.507 e. The summed E-state index contributed by atoms with van der Waals surface area (Å²) in [5.74, 6) is -0.227. The summed E-state index contributed by atoms with van der Waals surface area (Å²) in [6, 6.07) is 23.3. The zero-order valence-electron chi connectivity index (χ0n) is 35.0. The Morgan fingerprint density at radius 3 is 2.07 bits per heavy atom. The fraction of sp³-hybridized carbons (Fsp3) is 0.417. The predicted molar refractivity (Wildman–Crippen MR) is 236 cm³/mol. The highest BCUT2D eigenvalue weighted by molar-refractivity contribution is 6.00.